The Morgan fingerprint density at radius 3 is 2.38 bits per heavy atom. The molecule has 0 fully saturated rings. The smallest absolute Gasteiger partial charge is 0.271 e. The number of fused-ring (bicyclic) bond motifs is 1. The Morgan fingerprint density at radius 2 is 1.71 bits per heavy atom. The van der Waals surface area contributed by atoms with E-state index in [1.165, 1.54) is 11.3 Å². The predicted octanol–water partition coefficient (Wildman–Crippen LogP) is 8.68. The van der Waals surface area contributed by atoms with E-state index in [-0.39, 0.29) is 18.1 Å². The number of nitrogens with one attached hydrogen (secondary N) is 1. The van der Waals surface area contributed by atoms with Gasteiger partial charge in [-0.05, 0) is 111 Å². The number of halogens is 4. The lowest BCUT2D eigenvalue weighted by molar-refractivity contribution is -0.113. The van der Waals surface area contributed by atoms with Crippen molar-refractivity contribution in [3.8, 4) is 11.5 Å². The maximum Gasteiger partial charge on any atom is 0.271 e. The fourth-order valence-corrected chi connectivity index (χ4v) is 8.26. The van der Waals surface area contributed by atoms with Gasteiger partial charge in [0.25, 0.3) is 11.5 Å². The molecule has 1 N–H and O–H groups in total. The van der Waals surface area contributed by atoms with Crippen LogP contribution in [0, 0.1) is 0 Å². The average Bonchev–Trinajstić information content (AvgIpc) is 3.35. The lowest BCUT2D eigenvalue weighted by Crippen LogP contribution is -2.40. The second-order valence-electron chi connectivity index (χ2n) is 10.7. The highest BCUT2D eigenvalue weighted by molar-refractivity contribution is 9.11. The molecule has 0 aliphatic carbocycles. The summed E-state index contributed by atoms with van der Waals surface area (Å²) in [7, 11) is 0. The number of anilines is 1. The summed E-state index contributed by atoms with van der Waals surface area (Å²) in [5, 5.41) is 4.04. The number of carbonyl (C=O) groups is 1. The number of hydrogen-bond acceptors (Lipinski definition) is 6. The van der Waals surface area contributed by atoms with Gasteiger partial charge in [0.05, 0.1) is 37.4 Å². The van der Waals surface area contributed by atoms with Crippen molar-refractivity contribution in [2.45, 2.75) is 26.5 Å². The third kappa shape index (κ3) is 7.33. The molecule has 244 valence electrons. The average molecular weight is 828 g/mol. The van der Waals surface area contributed by atoms with Crippen molar-refractivity contribution in [3.05, 3.63) is 152 Å². The molecule has 48 heavy (non-hydrogen) atoms. The summed E-state index contributed by atoms with van der Waals surface area (Å²) < 4.78 is 15.2. The van der Waals surface area contributed by atoms with E-state index in [4.69, 9.17) is 37.7 Å². The Labute approximate surface area is 307 Å². The number of para-hydroxylation sites is 1. The minimum atomic E-state index is -0.711. The zero-order chi connectivity index (χ0) is 33.9. The van der Waals surface area contributed by atoms with E-state index in [1.54, 1.807) is 29.7 Å². The molecule has 1 aliphatic heterocycles. The fraction of sp³-hybridized carbons (Fsp3) is 0.139. The van der Waals surface area contributed by atoms with Crippen LogP contribution < -0.4 is 29.7 Å². The number of rotatable bonds is 9. The maximum absolute atomic E-state index is 14.2. The quantitative estimate of drug-likeness (QED) is 0.161. The lowest BCUT2D eigenvalue weighted by atomic mass is 9.95. The number of allylic oxidation sites excluding steroid dienone is 1. The molecule has 6 rings (SSSR count). The normalized spacial score (nSPS) is 14.4. The number of hydrogen-bond donors (Lipinski definition) is 1. The minimum Gasteiger partial charge on any atom is -0.494 e. The van der Waals surface area contributed by atoms with Gasteiger partial charge < -0.3 is 14.8 Å². The van der Waals surface area contributed by atoms with Gasteiger partial charge in [0.2, 0.25) is 0 Å². The van der Waals surface area contributed by atoms with Crippen LogP contribution in [0.25, 0.3) is 6.08 Å². The van der Waals surface area contributed by atoms with Crippen LogP contribution in [0.15, 0.2) is 115 Å². The molecule has 4 aromatic carbocycles. The summed E-state index contributed by atoms with van der Waals surface area (Å²) in [4.78, 5) is 33.3. The highest BCUT2D eigenvalue weighted by Gasteiger charge is 2.32. The molecule has 1 aromatic heterocycles. The first-order chi connectivity index (χ1) is 23.1. The second kappa shape index (κ2) is 14.8. The van der Waals surface area contributed by atoms with Gasteiger partial charge in [-0.2, -0.15) is 0 Å². The van der Waals surface area contributed by atoms with Gasteiger partial charge in [0.15, 0.2) is 4.80 Å². The van der Waals surface area contributed by atoms with Gasteiger partial charge in [-0.25, -0.2) is 4.99 Å². The molecular formula is C36H27Br2Cl2N3O4S. The summed E-state index contributed by atoms with van der Waals surface area (Å²) in [5.41, 5.74) is 3.60. The Hall–Kier alpha value is -3.67. The molecule has 0 bridgehead atoms. The van der Waals surface area contributed by atoms with Crippen molar-refractivity contribution in [1.82, 2.24) is 4.57 Å². The number of amides is 1. The third-order valence-electron chi connectivity index (χ3n) is 7.51. The summed E-state index contributed by atoms with van der Waals surface area (Å²) >= 11 is 20.9. The van der Waals surface area contributed by atoms with Crippen LogP contribution in [0.2, 0.25) is 10.0 Å². The van der Waals surface area contributed by atoms with Crippen molar-refractivity contribution >= 4 is 84.1 Å². The van der Waals surface area contributed by atoms with Crippen molar-refractivity contribution < 1.29 is 14.3 Å². The van der Waals surface area contributed by atoms with Crippen LogP contribution in [0.5, 0.6) is 11.5 Å². The number of nitrogens with zero attached hydrogens (tertiary/aromatic N) is 2. The Bertz CT molecular complexity index is 2210. The Balaban J connectivity index is 1.38. The summed E-state index contributed by atoms with van der Waals surface area (Å²) in [6.45, 7) is 4.46. The SMILES string of the molecule is CCOc1ccc([C@@H]2C(C(=O)Nc3ccccc3)=C(C)N=c3s/c(=C\c4cc(Br)c(OCc5ccc(Cl)cc5Cl)c(Br)c4)c(=O)n32)cc1. The van der Waals surface area contributed by atoms with Crippen molar-refractivity contribution in [3.63, 3.8) is 0 Å². The van der Waals surface area contributed by atoms with Crippen LogP contribution in [-0.2, 0) is 11.4 Å². The molecule has 0 saturated heterocycles. The monoisotopic (exact) mass is 825 g/mol. The maximum atomic E-state index is 14.2. The van der Waals surface area contributed by atoms with Gasteiger partial charge in [-0.1, -0.05) is 70.9 Å². The molecular weight excluding hydrogens is 801 g/mol. The molecule has 2 heterocycles. The number of benzene rings is 4. The number of carbonyl (C=O) groups excluding carboxylic acids is 1. The molecule has 7 nitrogen and oxygen atoms in total. The molecule has 0 spiro atoms. The Morgan fingerprint density at radius 1 is 1.00 bits per heavy atom. The first-order valence-corrected chi connectivity index (χ1v) is 18.0. The van der Waals surface area contributed by atoms with E-state index < -0.39 is 6.04 Å². The number of thiazole rings is 1. The van der Waals surface area contributed by atoms with Crippen LogP contribution in [-0.4, -0.2) is 17.1 Å². The van der Waals surface area contributed by atoms with Gasteiger partial charge in [0, 0.05) is 21.3 Å². The van der Waals surface area contributed by atoms with E-state index >= 15 is 0 Å². The lowest BCUT2D eigenvalue weighted by Gasteiger charge is -2.25. The molecule has 1 aliphatic rings. The zero-order valence-electron chi connectivity index (χ0n) is 25.6. The third-order valence-corrected chi connectivity index (χ3v) is 10.3. The highest BCUT2D eigenvalue weighted by atomic mass is 79.9. The van der Waals surface area contributed by atoms with Gasteiger partial charge in [-0.15, -0.1) is 0 Å². The van der Waals surface area contributed by atoms with Crippen LogP contribution in [0.1, 0.15) is 36.6 Å². The van der Waals surface area contributed by atoms with E-state index in [9.17, 15) is 9.59 Å². The van der Waals surface area contributed by atoms with Crippen molar-refractivity contribution in [2.75, 3.05) is 11.9 Å². The molecule has 0 radical (unpaired) electrons. The van der Waals surface area contributed by atoms with Crippen molar-refractivity contribution in [1.29, 1.82) is 0 Å². The molecule has 5 aromatic rings. The predicted molar refractivity (Wildman–Crippen MR) is 199 cm³/mol. The van der Waals surface area contributed by atoms with Gasteiger partial charge >= 0.3 is 0 Å². The first kappa shape index (κ1) is 34.2. The van der Waals surface area contributed by atoms with Crippen LogP contribution >= 0.6 is 66.4 Å². The van der Waals surface area contributed by atoms with E-state index in [0.717, 1.165) is 16.7 Å². The number of ether oxygens (including phenoxy) is 2. The fourth-order valence-electron chi connectivity index (χ4n) is 5.30. The van der Waals surface area contributed by atoms with Crippen LogP contribution in [0.3, 0.4) is 0 Å². The van der Waals surface area contributed by atoms with Gasteiger partial charge in [-0.3, -0.25) is 14.2 Å². The van der Waals surface area contributed by atoms with E-state index in [0.29, 0.717) is 63.4 Å². The summed E-state index contributed by atoms with van der Waals surface area (Å²) in [5.74, 6) is 0.947. The molecule has 1 atom stereocenters. The second-order valence-corrected chi connectivity index (χ2v) is 14.3. The summed E-state index contributed by atoms with van der Waals surface area (Å²) in [6, 6.07) is 24.9. The molecule has 12 heteroatoms. The highest BCUT2D eigenvalue weighted by Crippen LogP contribution is 2.36. The molecule has 1 amide bonds. The van der Waals surface area contributed by atoms with Crippen LogP contribution in [0.4, 0.5) is 5.69 Å². The first-order valence-electron chi connectivity index (χ1n) is 14.8. The molecule has 0 unspecified atom stereocenters. The van der Waals surface area contributed by atoms with E-state index in [1.807, 2.05) is 79.7 Å². The van der Waals surface area contributed by atoms with E-state index in [2.05, 4.69) is 37.2 Å². The minimum absolute atomic E-state index is 0.232. The molecule has 0 saturated carbocycles. The Kier molecular flexibility index (Phi) is 10.6. The number of aromatic nitrogens is 1. The zero-order valence-corrected chi connectivity index (χ0v) is 31.1. The standard InChI is InChI=1S/C36H27Br2Cl2N3O4S/c1-3-46-26-13-10-22(11-14-26)32-31(34(44)42-25-7-5-4-6-8-25)20(2)41-36-43(32)35(45)30(48-36)17-21-15-27(37)33(28(38)16-21)47-19-23-9-12-24(39)18-29(23)40/h4-18,32H,3,19H2,1-2H3,(H,42,44)/b30-17-/t32-/m1/s1. The van der Waals surface area contributed by atoms with Gasteiger partial charge in [0.1, 0.15) is 18.1 Å². The summed E-state index contributed by atoms with van der Waals surface area (Å²) in [6.07, 6.45) is 1.80. The largest absolute Gasteiger partial charge is 0.494 e. The van der Waals surface area contributed by atoms with Crippen molar-refractivity contribution in [2.24, 2.45) is 4.99 Å². The topological polar surface area (TPSA) is 81.9 Å².